The third-order valence-electron chi connectivity index (χ3n) is 3.46. The van der Waals surface area contributed by atoms with E-state index in [1.54, 1.807) is 0 Å². The Morgan fingerprint density at radius 3 is 2.20 bits per heavy atom. The number of halogens is 2. The van der Waals surface area contributed by atoms with Gasteiger partial charge in [-0.05, 0) is 24.1 Å². The smallest absolute Gasteiger partial charge is 0.315 e. The summed E-state index contributed by atoms with van der Waals surface area (Å²) in [4.78, 5) is 23.2. The molecule has 2 rings (SSSR count). The summed E-state index contributed by atoms with van der Waals surface area (Å²) in [5.41, 5.74) is 0.871. The minimum atomic E-state index is -0.650. The summed E-state index contributed by atoms with van der Waals surface area (Å²) in [6.07, 6.45) is 0.0200. The molecule has 3 amide bonds. The van der Waals surface area contributed by atoms with Crippen molar-refractivity contribution in [3.63, 3.8) is 0 Å². The van der Waals surface area contributed by atoms with Crippen LogP contribution in [0.5, 0.6) is 0 Å². The molecule has 5 nitrogen and oxygen atoms in total. The molecule has 0 saturated heterocycles. The zero-order valence-electron chi connectivity index (χ0n) is 13.5. The molecule has 0 radical (unpaired) electrons. The fourth-order valence-corrected chi connectivity index (χ4v) is 2.15. The number of urea groups is 1. The lowest BCUT2D eigenvalue weighted by atomic mass is 10.1. The van der Waals surface area contributed by atoms with Gasteiger partial charge in [-0.1, -0.05) is 36.4 Å². The first-order chi connectivity index (χ1) is 12.1. The third kappa shape index (κ3) is 6.21. The van der Waals surface area contributed by atoms with Gasteiger partial charge < -0.3 is 16.0 Å². The first-order valence-corrected chi connectivity index (χ1v) is 7.81. The quantitative estimate of drug-likeness (QED) is 0.718. The second-order valence-electron chi connectivity index (χ2n) is 5.32. The molecule has 0 bridgehead atoms. The first-order valence-electron chi connectivity index (χ1n) is 7.81. The predicted octanol–water partition coefficient (Wildman–Crippen LogP) is 2.12. The Kier molecular flexibility index (Phi) is 6.88. The zero-order valence-corrected chi connectivity index (χ0v) is 13.5. The molecule has 0 fully saturated rings. The van der Waals surface area contributed by atoms with Crippen molar-refractivity contribution in [2.75, 3.05) is 13.1 Å². The van der Waals surface area contributed by atoms with Gasteiger partial charge >= 0.3 is 6.03 Å². The molecule has 0 atom stereocenters. The molecule has 0 spiro atoms. The van der Waals surface area contributed by atoms with Crippen LogP contribution in [-0.2, 0) is 17.8 Å². The minimum Gasteiger partial charge on any atom is -0.350 e. The number of hydrogen-bond acceptors (Lipinski definition) is 2. The maximum atomic E-state index is 13.4. The second-order valence-corrected chi connectivity index (χ2v) is 5.32. The summed E-state index contributed by atoms with van der Waals surface area (Å²) < 4.78 is 26.9. The molecule has 0 heterocycles. The van der Waals surface area contributed by atoms with E-state index in [0.717, 1.165) is 17.7 Å². The molecule has 0 aromatic heterocycles. The van der Waals surface area contributed by atoms with Crippen molar-refractivity contribution >= 4 is 11.9 Å². The fourth-order valence-electron chi connectivity index (χ4n) is 2.15. The van der Waals surface area contributed by atoms with Crippen molar-refractivity contribution in [3.05, 3.63) is 71.3 Å². The topological polar surface area (TPSA) is 70.2 Å². The predicted molar refractivity (Wildman–Crippen MR) is 89.8 cm³/mol. The zero-order chi connectivity index (χ0) is 18.1. The van der Waals surface area contributed by atoms with E-state index in [9.17, 15) is 18.4 Å². The highest BCUT2D eigenvalue weighted by Gasteiger charge is 2.09. The SMILES string of the molecule is O=C(CNC(=O)NCCc1c(F)cccc1F)NCc1ccccc1. The Hall–Kier alpha value is -2.96. The van der Waals surface area contributed by atoms with Gasteiger partial charge in [0.25, 0.3) is 0 Å². The Morgan fingerprint density at radius 2 is 1.52 bits per heavy atom. The molecular formula is C18H19F2N3O2. The Morgan fingerprint density at radius 1 is 0.840 bits per heavy atom. The van der Waals surface area contributed by atoms with Crippen LogP contribution in [-0.4, -0.2) is 25.0 Å². The van der Waals surface area contributed by atoms with E-state index in [-0.39, 0.29) is 31.0 Å². The first kappa shape index (κ1) is 18.4. The maximum absolute atomic E-state index is 13.4. The van der Waals surface area contributed by atoms with Gasteiger partial charge in [-0.3, -0.25) is 4.79 Å². The molecule has 0 saturated carbocycles. The van der Waals surface area contributed by atoms with Crippen molar-refractivity contribution in [3.8, 4) is 0 Å². The third-order valence-corrected chi connectivity index (χ3v) is 3.46. The van der Waals surface area contributed by atoms with Crippen molar-refractivity contribution in [2.24, 2.45) is 0 Å². The van der Waals surface area contributed by atoms with Gasteiger partial charge in [0.15, 0.2) is 0 Å². The lowest BCUT2D eigenvalue weighted by Gasteiger charge is -2.09. The molecule has 0 aliphatic heterocycles. The lowest BCUT2D eigenvalue weighted by Crippen LogP contribution is -2.42. The number of nitrogens with one attached hydrogen (secondary N) is 3. The van der Waals surface area contributed by atoms with E-state index in [2.05, 4.69) is 16.0 Å². The van der Waals surface area contributed by atoms with E-state index >= 15 is 0 Å². The van der Waals surface area contributed by atoms with Crippen LogP contribution in [0, 0.1) is 11.6 Å². The molecule has 3 N–H and O–H groups in total. The average Bonchev–Trinajstić information content (AvgIpc) is 2.61. The van der Waals surface area contributed by atoms with Crippen molar-refractivity contribution in [1.82, 2.24) is 16.0 Å². The molecule has 7 heteroatoms. The van der Waals surface area contributed by atoms with Crippen LogP contribution in [0.2, 0.25) is 0 Å². The standard InChI is InChI=1S/C18H19F2N3O2/c19-15-7-4-8-16(20)14(15)9-10-21-18(25)23-12-17(24)22-11-13-5-2-1-3-6-13/h1-8H,9-12H2,(H,22,24)(H2,21,23,25). The number of carbonyl (C=O) groups is 2. The van der Waals surface area contributed by atoms with Gasteiger partial charge in [0.1, 0.15) is 11.6 Å². The average molecular weight is 347 g/mol. The second kappa shape index (κ2) is 9.36. The summed E-state index contributed by atoms with van der Waals surface area (Å²) >= 11 is 0. The van der Waals surface area contributed by atoms with Crippen LogP contribution in [0.3, 0.4) is 0 Å². The molecule has 132 valence electrons. The highest BCUT2D eigenvalue weighted by molar-refractivity contribution is 5.83. The van der Waals surface area contributed by atoms with Crippen LogP contribution in [0.25, 0.3) is 0 Å². The summed E-state index contributed by atoms with van der Waals surface area (Å²) in [6.45, 7) is 0.234. The van der Waals surface area contributed by atoms with Gasteiger partial charge in [0, 0.05) is 18.7 Å². The number of amides is 3. The minimum absolute atomic E-state index is 0.0200. The summed E-state index contributed by atoms with van der Waals surface area (Å²) in [5, 5.41) is 7.51. The molecular weight excluding hydrogens is 328 g/mol. The van der Waals surface area contributed by atoms with Crippen LogP contribution < -0.4 is 16.0 Å². The molecule has 0 aliphatic rings. The summed E-state index contributed by atoms with van der Waals surface area (Å²) in [7, 11) is 0. The van der Waals surface area contributed by atoms with Gasteiger partial charge in [-0.25, -0.2) is 13.6 Å². The lowest BCUT2D eigenvalue weighted by molar-refractivity contribution is -0.120. The van der Waals surface area contributed by atoms with Gasteiger partial charge in [0.05, 0.1) is 6.54 Å². The number of rotatable bonds is 7. The van der Waals surface area contributed by atoms with E-state index in [1.165, 1.54) is 6.07 Å². The largest absolute Gasteiger partial charge is 0.350 e. The fraction of sp³-hybridized carbons (Fsp3) is 0.222. The number of carbonyl (C=O) groups excluding carboxylic acids is 2. The summed E-state index contributed by atoms with van der Waals surface area (Å²) in [5.74, 6) is -1.64. The van der Waals surface area contributed by atoms with Crippen LogP contribution in [0.15, 0.2) is 48.5 Å². The van der Waals surface area contributed by atoms with E-state index < -0.39 is 17.7 Å². The van der Waals surface area contributed by atoms with Gasteiger partial charge in [-0.2, -0.15) is 0 Å². The van der Waals surface area contributed by atoms with Crippen molar-refractivity contribution in [1.29, 1.82) is 0 Å². The normalized spacial score (nSPS) is 10.2. The van der Waals surface area contributed by atoms with Crippen molar-refractivity contribution < 1.29 is 18.4 Å². The molecule has 25 heavy (non-hydrogen) atoms. The van der Waals surface area contributed by atoms with Crippen LogP contribution >= 0.6 is 0 Å². The van der Waals surface area contributed by atoms with E-state index in [1.807, 2.05) is 30.3 Å². The van der Waals surface area contributed by atoms with Crippen molar-refractivity contribution in [2.45, 2.75) is 13.0 Å². The molecule has 2 aromatic rings. The van der Waals surface area contributed by atoms with E-state index in [0.29, 0.717) is 6.54 Å². The maximum Gasteiger partial charge on any atom is 0.315 e. The van der Waals surface area contributed by atoms with E-state index in [4.69, 9.17) is 0 Å². The number of hydrogen-bond donors (Lipinski definition) is 3. The summed E-state index contributed by atoms with van der Waals surface area (Å²) in [6, 6.07) is 12.4. The highest BCUT2D eigenvalue weighted by atomic mass is 19.1. The molecule has 0 aliphatic carbocycles. The Balaban J connectivity index is 1.64. The van der Waals surface area contributed by atoms with Gasteiger partial charge in [0.2, 0.25) is 5.91 Å². The van der Waals surface area contributed by atoms with Crippen LogP contribution in [0.1, 0.15) is 11.1 Å². The number of benzene rings is 2. The van der Waals surface area contributed by atoms with Crippen LogP contribution in [0.4, 0.5) is 13.6 Å². The molecule has 0 unspecified atom stereocenters. The monoisotopic (exact) mass is 347 g/mol. The Labute approximate surface area is 144 Å². The highest BCUT2D eigenvalue weighted by Crippen LogP contribution is 2.11. The van der Waals surface area contributed by atoms with Gasteiger partial charge in [-0.15, -0.1) is 0 Å². The molecule has 2 aromatic carbocycles. The Bertz CT molecular complexity index is 703.